The van der Waals surface area contributed by atoms with E-state index in [1.165, 1.54) is 22.5 Å². The predicted octanol–water partition coefficient (Wildman–Crippen LogP) is 3.75. The van der Waals surface area contributed by atoms with Gasteiger partial charge in [0.15, 0.2) is 0 Å². The fourth-order valence-electron chi connectivity index (χ4n) is 2.77. The van der Waals surface area contributed by atoms with E-state index in [1.54, 1.807) is 0 Å². The third-order valence-corrected chi connectivity index (χ3v) is 4.04. The summed E-state index contributed by atoms with van der Waals surface area (Å²) in [7, 11) is 0. The number of hydrogen-bond acceptors (Lipinski definition) is 2. The number of anilines is 2. The van der Waals surface area contributed by atoms with Crippen LogP contribution in [-0.2, 0) is 0 Å². The van der Waals surface area contributed by atoms with Crippen molar-refractivity contribution in [3.63, 3.8) is 0 Å². The monoisotopic (exact) mass is 246 g/mol. The first-order chi connectivity index (χ1) is 8.41. The Morgan fingerprint density at radius 3 is 1.39 bits per heavy atom. The molecule has 1 aliphatic heterocycles. The van der Waals surface area contributed by atoms with Crippen molar-refractivity contribution in [2.75, 3.05) is 22.9 Å². The average molecular weight is 246 g/mol. The summed E-state index contributed by atoms with van der Waals surface area (Å²) in [5.74, 6) is 0. The maximum Gasteiger partial charge on any atom is 0.0610 e. The van der Waals surface area contributed by atoms with Crippen molar-refractivity contribution < 1.29 is 0 Å². The minimum atomic E-state index is 0.570. The van der Waals surface area contributed by atoms with E-state index in [9.17, 15) is 0 Å². The van der Waals surface area contributed by atoms with E-state index in [1.807, 2.05) is 0 Å². The molecule has 100 valence electrons. The van der Waals surface area contributed by atoms with Crippen LogP contribution < -0.4 is 9.80 Å². The molecule has 0 aromatic heterocycles. The predicted molar refractivity (Wildman–Crippen MR) is 80.9 cm³/mol. The molecule has 1 aliphatic rings. The Kier molecular flexibility index (Phi) is 3.56. The summed E-state index contributed by atoms with van der Waals surface area (Å²) in [6.07, 6.45) is 0. The molecule has 0 aliphatic carbocycles. The Balaban J connectivity index is 2.53. The van der Waals surface area contributed by atoms with Crippen molar-refractivity contribution in [2.24, 2.45) is 0 Å². The van der Waals surface area contributed by atoms with Crippen LogP contribution in [0.1, 0.15) is 38.8 Å². The summed E-state index contributed by atoms with van der Waals surface area (Å²) in [4.78, 5) is 5.06. The van der Waals surface area contributed by atoms with E-state index in [0.29, 0.717) is 12.1 Å². The Morgan fingerprint density at radius 2 is 1.11 bits per heavy atom. The molecule has 0 fully saturated rings. The van der Waals surface area contributed by atoms with Crippen molar-refractivity contribution in [1.82, 2.24) is 0 Å². The van der Waals surface area contributed by atoms with Gasteiger partial charge in [0.2, 0.25) is 0 Å². The molecule has 0 unspecified atom stereocenters. The van der Waals surface area contributed by atoms with Crippen LogP contribution in [0.25, 0.3) is 0 Å². The van der Waals surface area contributed by atoms with Gasteiger partial charge in [0.1, 0.15) is 0 Å². The molecule has 1 aromatic carbocycles. The molecule has 0 radical (unpaired) electrons. The first-order valence-corrected chi connectivity index (χ1v) is 7.06. The lowest BCUT2D eigenvalue weighted by atomic mass is 10.0. The molecule has 1 heterocycles. The minimum Gasteiger partial charge on any atom is -0.366 e. The highest BCUT2D eigenvalue weighted by Crippen LogP contribution is 2.37. The SMILES string of the molecule is Cc1cc2c(cc1C)N(C(C)C)CCN2C(C)C. The van der Waals surface area contributed by atoms with E-state index in [-0.39, 0.29) is 0 Å². The maximum absolute atomic E-state index is 2.53. The highest BCUT2D eigenvalue weighted by Gasteiger charge is 2.26. The number of rotatable bonds is 2. The fraction of sp³-hybridized carbons (Fsp3) is 0.625. The van der Waals surface area contributed by atoms with Crippen LogP contribution in [0.15, 0.2) is 12.1 Å². The molecular weight excluding hydrogens is 220 g/mol. The lowest BCUT2D eigenvalue weighted by Crippen LogP contribution is -2.46. The summed E-state index contributed by atoms with van der Waals surface area (Å²) < 4.78 is 0. The molecule has 0 atom stereocenters. The molecule has 0 saturated carbocycles. The van der Waals surface area contributed by atoms with Gasteiger partial charge in [0.25, 0.3) is 0 Å². The van der Waals surface area contributed by atoms with Crippen molar-refractivity contribution in [2.45, 2.75) is 53.6 Å². The molecule has 2 rings (SSSR count). The van der Waals surface area contributed by atoms with Gasteiger partial charge in [0, 0.05) is 25.2 Å². The average Bonchev–Trinajstić information content (AvgIpc) is 2.28. The maximum atomic E-state index is 2.53. The minimum absolute atomic E-state index is 0.570. The molecule has 0 saturated heterocycles. The van der Waals surface area contributed by atoms with Gasteiger partial charge in [0.05, 0.1) is 11.4 Å². The van der Waals surface area contributed by atoms with Gasteiger partial charge in [-0.1, -0.05) is 0 Å². The summed E-state index contributed by atoms with van der Waals surface area (Å²) in [6, 6.07) is 5.86. The molecule has 0 bridgehead atoms. The van der Waals surface area contributed by atoms with Crippen molar-refractivity contribution >= 4 is 11.4 Å². The van der Waals surface area contributed by atoms with Gasteiger partial charge in [-0.05, 0) is 64.8 Å². The molecule has 2 nitrogen and oxygen atoms in total. The Morgan fingerprint density at radius 1 is 0.778 bits per heavy atom. The van der Waals surface area contributed by atoms with E-state index < -0.39 is 0 Å². The lowest BCUT2D eigenvalue weighted by Gasteiger charge is -2.43. The normalized spacial score (nSPS) is 15.6. The Bertz CT molecular complexity index is 394. The topological polar surface area (TPSA) is 6.48 Å². The molecule has 2 heteroatoms. The number of aryl methyl sites for hydroxylation is 2. The summed E-state index contributed by atoms with van der Waals surface area (Å²) in [5, 5.41) is 0. The second kappa shape index (κ2) is 4.83. The largest absolute Gasteiger partial charge is 0.366 e. The van der Waals surface area contributed by atoms with Gasteiger partial charge in [-0.15, -0.1) is 0 Å². The molecule has 0 N–H and O–H groups in total. The van der Waals surface area contributed by atoms with Crippen LogP contribution in [0.5, 0.6) is 0 Å². The summed E-state index contributed by atoms with van der Waals surface area (Å²) in [6.45, 7) is 15.8. The molecule has 0 amide bonds. The summed E-state index contributed by atoms with van der Waals surface area (Å²) in [5.41, 5.74) is 5.61. The highest BCUT2D eigenvalue weighted by atomic mass is 15.3. The van der Waals surface area contributed by atoms with Gasteiger partial charge in [-0.3, -0.25) is 0 Å². The van der Waals surface area contributed by atoms with Crippen LogP contribution >= 0.6 is 0 Å². The first kappa shape index (κ1) is 13.3. The zero-order chi connectivity index (χ0) is 13.4. The lowest BCUT2D eigenvalue weighted by molar-refractivity contribution is 0.602. The number of benzene rings is 1. The quantitative estimate of drug-likeness (QED) is 0.784. The third kappa shape index (κ3) is 2.21. The molecular formula is C16H26N2. The number of nitrogens with zero attached hydrogens (tertiary/aromatic N) is 2. The van der Waals surface area contributed by atoms with Crippen LogP contribution in [-0.4, -0.2) is 25.2 Å². The number of hydrogen-bond donors (Lipinski definition) is 0. The highest BCUT2D eigenvalue weighted by molar-refractivity contribution is 5.76. The third-order valence-electron chi connectivity index (χ3n) is 4.04. The van der Waals surface area contributed by atoms with Gasteiger partial charge >= 0.3 is 0 Å². The van der Waals surface area contributed by atoms with E-state index in [4.69, 9.17) is 0 Å². The summed E-state index contributed by atoms with van der Waals surface area (Å²) >= 11 is 0. The molecule has 1 aromatic rings. The second-order valence-corrected chi connectivity index (χ2v) is 6.00. The molecule has 0 spiro atoms. The van der Waals surface area contributed by atoms with Crippen LogP contribution in [0.4, 0.5) is 11.4 Å². The second-order valence-electron chi connectivity index (χ2n) is 6.00. The van der Waals surface area contributed by atoms with Crippen molar-refractivity contribution in [3.8, 4) is 0 Å². The first-order valence-electron chi connectivity index (χ1n) is 7.06. The van der Waals surface area contributed by atoms with Gasteiger partial charge in [-0.2, -0.15) is 0 Å². The van der Waals surface area contributed by atoms with E-state index in [2.05, 4.69) is 63.5 Å². The van der Waals surface area contributed by atoms with Crippen molar-refractivity contribution in [1.29, 1.82) is 0 Å². The number of fused-ring (bicyclic) bond motifs is 1. The van der Waals surface area contributed by atoms with Crippen LogP contribution in [0, 0.1) is 13.8 Å². The van der Waals surface area contributed by atoms with Crippen LogP contribution in [0.3, 0.4) is 0 Å². The molecule has 18 heavy (non-hydrogen) atoms. The zero-order valence-electron chi connectivity index (χ0n) is 12.6. The van der Waals surface area contributed by atoms with Crippen molar-refractivity contribution in [3.05, 3.63) is 23.3 Å². The Labute approximate surface area is 112 Å². The van der Waals surface area contributed by atoms with Gasteiger partial charge < -0.3 is 9.80 Å². The van der Waals surface area contributed by atoms with Gasteiger partial charge in [-0.25, -0.2) is 0 Å². The van der Waals surface area contributed by atoms with E-state index >= 15 is 0 Å². The zero-order valence-corrected chi connectivity index (χ0v) is 12.6. The van der Waals surface area contributed by atoms with E-state index in [0.717, 1.165) is 13.1 Å². The fourth-order valence-corrected chi connectivity index (χ4v) is 2.77. The van der Waals surface area contributed by atoms with Crippen LogP contribution in [0.2, 0.25) is 0 Å². The standard InChI is InChI=1S/C16H26N2/c1-11(2)17-7-8-18(12(3)4)16-10-14(6)13(5)9-15(16)17/h9-12H,7-8H2,1-6H3. The smallest absolute Gasteiger partial charge is 0.0610 e. The Hall–Kier alpha value is -1.18.